The molecular formula is C44H40O5. The molecule has 246 valence electrons. The van der Waals surface area contributed by atoms with E-state index in [4.69, 9.17) is 14.2 Å². The van der Waals surface area contributed by atoms with Gasteiger partial charge in [-0.15, -0.1) is 0 Å². The van der Waals surface area contributed by atoms with Crippen molar-refractivity contribution in [3.63, 3.8) is 0 Å². The van der Waals surface area contributed by atoms with Crippen LogP contribution in [0.4, 0.5) is 0 Å². The van der Waals surface area contributed by atoms with Crippen LogP contribution in [0.2, 0.25) is 0 Å². The fourth-order valence-electron chi connectivity index (χ4n) is 7.05. The minimum absolute atomic E-state index is 0.0224. The minimum Gasteiger partial charge on any atom is -0.388 e. The van der Waals surface area contributed by atoms with Gasteiger partial charge in [0.1, 0.15) is 35.6 Å². The Morgan fingerprint density at radius 2 is 0.571 bits per heavy atom. The molecule has 0 spiro atoms. The van der Waals surface area contributed by atoms with Crippen molar-refractivity contribution in [2.75, 3.05) is 13.2 Å². The number of hydrogen-bond acceptors (Lipinski definition) is 5. The van der Waals surface area contributed by atoms with Crippen LogP contribution >= 0.6 is 0 Å². The van der Waals surface area contributed by atoms with Gasteiger partial charge >= 0.3 is 0 Å². The second-order valence-corrected chi connectivity index (χ2v) is 12.4. The minimum atomic E-state index is -1.19. The summed E-state index contributed by atoms with van der Waals surface area (Å²) in [5, 5.41) is 22.8. The molecule has 0 bridgehead atoms. The van der Waals surface area contributed by atoms with E-state index in [0.29, 0.717) is 0 Å². The van der Waals surface area contributed by atoms with Gasteiger partial charge in [0.05, 0.1) is 13.2 Å². The molecule has 1 aliphatic rings. The summed E-state index contributed by atoms with van der Waals surface area (Å²) in [4.78, 5) is 0. The van der Waals surface area contributed by atoms with E-state index in [0.717, 1.165) is 33.4 Å². The Hall–Kier alpha value is -4.88. The van der Waals surface area contributed by atoms with Gasteiger partial charge in [0.15, 0.2) is 0 Å². The van der Waals surface area contributed by atoms with E-state index in [9.17, 15) is 10.2 Å². The van der Waals surface area contributed by atoms with Crippen molar-refractivity contribution in [1.82, 2.24) is 0 Å². The average Bonchev–Trinajstić information content (AvgIpc) is 3.46. The fraction of sp³-hybridized carbons (Fsp3) is 0.182. The number of hydrogen-bond donors (Lipinski definition) is 2. The molecule has 5 nitrogen and oxygen atoms in total. The van der Waals surface area contributed by atoms with Crippen LogP contribution in [0.3, 0.4) is 0 Å². The lowest BCUT2D eigenvalue weighted by molar-refractivity contribution is -0.107. The predicted molar refractivity (Wildman–Crippen MR) is 191 cm³/mol. The van der Waals surface area contributed by atoms with Crippen molar-refractivity contribution in [3.8, 4) is 0 Å². The van der Waals surface area contributed by atoms with Gasteiger partial charge in [-0.1, -0.05) is 182 Å². The molecule has 0 unspecified atom stereocenters. The summed E-state index contributed by atoms with van der Waals surface area (Å²) in [7, 11) is 0. The number of aliphatic hydroxyl groups is 2. The maximum absolute atomic E-state index is 11.4. The van der Waals surface area contributed by atoms with Crippen LogP contribution in [-0.2, 0) is 25.4 Å². The molecule has 0 aliphatic carbocycles. The number of benzene rings is 6. The van der Waals surface area contributed by atoms with Gasteiger partial charge in [-0.05, 0) is 33.4 Å². The zero-order valence-corrected chi connectivity index (χ0v) is 27.2. The maximum Gasteiger partial charge on any atom is 0.143 e. The first kappa shape index (κ1) is 32.7. The third kappa shape index (κ3) is 6.35. The number of ether oxygens (including phenoxy) is 3. The lowest BCUT2D eigenvalue weighted by Gasteiger charge is -2.37. The molecule has 5 heteroatoms. The first-order valence-corrected chi connectivity index (χ1v) is 16.8. The van der Waals surface area contributed by atoms with E-state index in [1.165, 1.54) is 0 Å². The van der Waals surface area contributed by atoms with E-state index < -0.39 is 35.6 Å². The largest absolute Gasteiger partial charge is 0.388 e. The van der Waals surface area contributed by atoms with Gasteiger partial charge < -0.3 is 24.4 Å². The smallest absolute Gasteiger partial charge is 0.143 e. The monoisotopic (exact) mass is 648 g/mol. The summed E-state index contributed by atoms with van der Waals surface area (Å²) < 4.78 is 20.4. The van der Waals surface area contributed by atoms with Crippen LogP contribution in [0, 0.1) is 0 Å². The van der Waals surface area contributed by atoms with Crippen LogP contribution in [0.15, 0.2) is 182 Å². The maximum atomic E-state index is 11.4. The van der Waals surface area contributed by atoms with Crippen molar-refractivity contribution in [1.29, 1.82) is 0 Å². The van der Waals surface area contributed by atoms with Crippen LogP contribution in [0.1, 0.15) is 33.4 Å². The highest BCUT2D eigenvalue weighted by Crippen LogP contribution is 2.43. The average molecular weight is 649 g/mol. The molecule has 1 saturated heterocycles. The van der Waals surface area contributed by atoms with Crippen molar-refractivity contribution in [3.05, 3.63) is 215 Å². The fourth-order valence-corrected chi connectivity index (χ4v) is 7.05. The highest BCUT2D eigenvalue weighted by Gasteiger charge is 2.47. The number of rotatable bonds is 12. The van der Waals surface area contributed by atoms with Crippen LogP contribution < -0.4 is 0 Å². The first-order valence-electron chi connectivity index (χ1n) is 16.8. The quantitative estimate of drug-likeness (QED) is 0.135. The molecule has 0 radical (unpaired) electrons. The van der Waals surface area contributed by atoms with E-state index in [1.807, 2.05) is 182 Å². The zero-order valence-electron chi connectivity index (χ0n) is 27.2. The summed E-state index contributed by atoms with van der Waals surface area (Å²) in [6.07, 6.45) is -3.99. The second kappa shape index (κ2) is 14.7. The lowest BCUT2D eigenvalue weighted by Crippen LogP contribution is -2.40. The third-order valence-electron chi connectivity index (χ3n) is 9.47. The molecule has 6 aromatic rings. The second-order valence-electron chi connectivity index (χ2n) is 12.4. The summed E-state index contributed by atoms with van der Waals surface area (Å²) in [6, 6.07) is 60.4. The van der Waals surface area contributed by atoms with Crippen molar-refractivity contribution in [2.45, 2.75) is 35.6 Å². The molecule has 0 saturated carbocycles. The molecule has 1 heterocycles. The van der Waals surface area contributed by atoms with Crippen molar-refractivity contribution >= 4 is 0 Å². The Labute approximate surface area is 288 Å². The van der Waals surface area contributed by atoms with E-state index in [2.05, 4.69) is 0 Å². The van der Waals surface area contributed by atoms with Crippen LogP contribution in [0.25, 0.3) is 0 Å². The Morgan fingerprint density at radius 3 is 0.776 bits per heavy atom. The molecular weight excluding hydrogens is 608 g/mol. The zero-order chi connectivity index (χ0) is 33.5. The molecule has 2 N–H and O–H groups in total. The summed E-state index contributed by atoms with van der Waals surface area (Å²) in [5.74, 6) is 0. The van der Waals surface area contributed by atoms with E-state index in [1.54, 1.807) is 0 Å². The Kier molecular flexibility index (Phi) is 9.80. The number of aliphatic hydroxyl groups excluding tert-OH is 2. The van der Waals surface area contributed by atoms with Crippen LogP contribution in [-0.4, -0.2) is 47.8 Å². The Bertz CT molecular complexity index is 1540. The molecule has 6 aromatic carbocycles. The molecule has 49 heavy (non-hydrogen) atoms. The highest BCUT2D eigenvalue weighted by atomic mass is 16.6. The third-order valence-corrected chi connectivity index (χ3v) is 9.47. The lowest BCUT2D eigenvalue weighted by atomic mass is 9.80. The van der Waals surface area contributed by atoms with Gasteiger partial charge in [-0.3, -0.25) is 0 Å². The van der Waals surface area contributed by atoms with E-state index in [-0.39, 0.29) is 13.2 Å². The predicted octanol–water partition coefficient (Wildman–Crippen LogP) is 7.49. The summed E-state index contributed by atoms with van der Waals surface area (Å²) >= 11 is 0. The molecule has 1 aliphatic heterocycles. The molecule has 1 fully saturated rings. The topological polar surface area (TPSA) is 68.2 Å². The molecule has 7 rings (SSSR count). The summed E-state index contributed by atoms with van der Waals surface area (Å²) in [6.45, 7) is 0.0449. The standard InChI is InChI=1S/C44H40O5/c45-41-39(31-47-43(33-19-7-1-8-20-33,34-21-9-2-10-22-34)35-23-11-3-12-24-35)49-40(42(41)46)32-48-44(36-25-13-4-14-26-36,37-27-15-5-16-28-37)38-29-17-6-18-30-38/h1-30,39-42,45-46H,31-32H2/t39-,40-,41-,42-/m1/s1. The molecule has 4 atom stereocenters. The van der Waals surface area contributed by atoms with Crippen molar-refractivity contribution in [2.24, 2.45) is 0 Å². The van der Waals surface area contributed by atoms with Gasteiger partial charge in [0.25, 0.3) is 0 Å². The van der Waals surface area contributed by atoms with E-state index >= 15 is 0 Å². The molecule has 0 aromatic heterocycles. The van der Waals surface area contributed by atoms with Gasteiger partial charge in [0.2, 0.25) is 0 Å². The summed E-state index contributed by atoms with van der Waals surface area (Å²) in [5.41, 5.74) is 3.68. The molecule has 0 amide bonds. The Balaban J connectivity index is 1.19. The van der Waals surface area contributed by atoms with Gasteiger partial charge in [-0.2, -0.15) is 0 Å². The SMILES string of the molecule is O[C@H]1[C@H](O)[C@@H](COC(c2ccccc2)(c2ccccc2)c2ccccc2)O[C@@H]1COC(c1ccccc1)(c1ccccc1)c1ccccc1. The normalized spacial score (nSPS) is 19.5. The van der Waals surface area contributed by atoms with Crippen molar-refractivity contribution < 1.29 is 24.4 Å². The Morgan fingerprint density at radius 1 is 0.367 bits per heavy atom. The van der Waals surface area contributed by atoms with Crippen LogP contribution in [0.5, 0.6) is 0 Å². The first-order chi connectivity index (χ1) is 24.1. The highest BCUT2D eigenvalue weighted by molar-refractivity contribution is 5.49. The van der Waals surface area contributed by atoms with Gasteiger partial charge in [0, 0.05) is 0 Å². The van der Waals surface area contributed by atoms with Gasteiger partial charge in [-0.25, -0.2) is 0 Å².